The van der Waals surface area contributed by atoms with Crippen molar-refractivity contribution in [1.82, 2.24) is 0 Å². The number of nitrogens with zero attached hydrogens (tertiary/aromatic N) is 2. The van der Waals surface area contributed by atoms with E-state index in [1.165, 1.54) is 24.3 Å². The normalized spacial score (nSPS) is 10.2. The number of benzene rings is 2. The molecule has 0 spiro atoms. The van der Waals surface area contributed by atoms with Crippen LogP contribution in [0.1, 0.15) is 20.7 Å². The molecule has 122 valence electrons. The van der Waals surface area contributed by atoms with Gasteiger partial charge in [-0.25, -0.2) is 0 Å². The van der Waals surface area contributed by atoms with Gasteiger partial charge in [-0.05, 0) is 24.3 Å². The minimum atomic E-state index is -1.30. The molecule has 2 aromatic rings. The molecule has 0 aliphatic rings. The lowest BCUT2D eigenvalue weighted by Crippen LogP contribution is -2.17. The minimum absolute atomic E-state index is 0.334. The molecule has 0 aromatic heterocycles. The summed E-state index contributed by atoms with van der Waals surface area (Å²) in [5.74, 6) is -2.59. The quantitative estimate of drug-likeness (QED) is 0.341. The number of para-hydroxylation sites is 2. The van der Waals surface area contributed by atoms with Gasteiger partial charge in [-0.2, -0.15) is 0 Å². The Bertz CT molecular complexity index is 823. The summed E-state index contributed by atoms with van der Waals surface area (Å²) in [5, 5.41) is 21.5. The molecule has 0 aliphatic heterocycles. The summed E-state index contributed by atoms with van der Waals surface area (Å²) in [6, 6.07) is 6.96. The number of rotatable bonds is 5. The third kappa shape index (κ3) is 3.10. The molecule has 0 heterocycles. The lowest BCUT2D eigenvalue weighted by atomic mass is 9.99. The molecule has 0 radical (unpaired) electrons. The van der Waals surface area contributed by atoms with E-state index in [1.54, 1.807) is 0 Å². The van der Waals surface area contributed by atoms with Gasteiger partial charge in [-0.3, -0.25) is 29.8 Å². The fraction of sp³-hybridized carbons (Fsp3) is 0. The van der Waals surface area contributed by atoms with Crippen molar-refractivity contribution < 1.29 is 19.4 Å². The number of ketones is 2. The van der Waals surface area contributed by atoms with Crippen molar-refractivity contribution in [1.29, 1.82) is 0 Å². The highest BCUT2D eigenvalue weighted by molar-refractivity contribution is 6.51. The topological polar surface area (TPSA) is 120 Å². The molecular weight excluding hydrogens is 363 g/mol. The third-order valence-corrected chi connectivity index (χ3v) is 3.64. The highest BCUT2D eigenvalue weighted by Gasteiger charge is 2.33. The molecule has 2 rings (SSSR count). The van der Waals surface area contributed by atoms with Crippen molar-refractivity contribution in [3.05, 3.63) is 77.8 Å². The Balaban J connectivity index is 2.60. The van der Waals surface area contributed by atoms with Gasteiger partial charge in [-0.15, -0.1) is 0 Å². The van der Waals surface area contributed by atoms with E-state index in [0.29, 0.717) is 0 Å². The van der Waals surface area contributed by atoms with Crippen LogP contribution in [0.15, 0.2) is 36.4 Å². The first kappa shape index (κ1) is 17.5. The Morgan fingerprint density at radius 1 is 0.750 bits per heavy atom. The molecule has 0 saturated heterocycles. The van der Waals surface area contributed by atoms with Crippen LogP contribution in [0, 0.1) is 20.2 Å². The van der Waals surface area contributed by atoms with Crippen LogP contribution >= 0.6 is 23.2 Å². The second-order valence-electron chi connectivity index (χ2n) is 4.44. The molecule has 0 saturated carbocycles. The average molecular weight is 369 g/mol. The molecule has 0 fully saturated rings. The Hall–Kier alpha value is -2.84. The van der Waals surface area contributed by atoms with E-state index >= 15 is 0 Å². The van der Waals surface area contributed by atoms with Gasteiger partial charge >= 0.3 is 0 Å². The summed E-state index contributed by atoms with van der Waals surface area (Å²) in [6.45, 7) is 0. The van der Waals surface area contributed by atoms with Gasteiger partial charge in [-0.1, -0.05) is 35.3 Å². The molecule has 10 heteroatoms. The summed E-state index contributed by atoms with van der Waals surface area (Å²) in [5.41, 5.74) is -2.62. The van der Waals surface area contributed by atoms with Crippen molar-refractivity contribution >= 4 is 46.1 Å². The molecule has 8 nitrogen and oxygen atoms in total. The van der Waals surface area contributed by atoms with E-state index in [0.717, 1.165) is 12.1 Å². The molecule has 2 aromatic carbocycles. The summed E-state index contributed by atoms with van der Waals surface area (Å²) in [4.78, 5) is 45.0. The van der Waals surface area contributed by atoms with E-state index < -0.39 is 43.9 Å². The highest BCUT2D eigenvalue weighted by atomic mass is 35.5. The van der Waals surface area contributed by atoms with E-state index in [9.17, 15) is 29.8 Å². The molecule has 0 aliphatic carbocycles. The molecular formula is C14H6Cl2N2O6. The standard InChI is InChI=1S/C14H6Cl2N2O6/c15-9-5-1-3-7(11(9)17(21)22)13(19)14(20)8-4-2-6-10(16)12(8)18(23)24/h1-6H. The fourth-order valence-electron chi connectivity index (χ4n) is 2.01. The zero-order chi connectivity index (χ0) is 18.0. The Labute approximate surface area is 143 Å². The monoisotopic (exact) mass is 368 g/mol. The summed E-state index contributed by atoms with van der Waals surface area (Å²) in [6.07, 6.45) is 0. The number of hydrogen-bond donors (Lipinski definition) is 0. The molecule has 0 bridgehead atoms. The fourth-order valence-corrected chi connectivity index (χ4v) is 2.50. The van der Waals surface area contributed by atoms with E-state index in [2.05, 4.69) is 0 Å². The first-order valence-corrected chi connectivity index (χ1v) is 6.96. The number of nitro groups is 2. The largest absolute Gasteiger partial charge is 0.299 e. The Morgan fingerprint density at radius 2 is 1.08 bits per heavy atom. The Kier molecular flexibility index (Phi) is 4.91. The van der Waals surface area contributed by atoms with Crippen molar-refractivity contribution in [3.63, 3.8) is 0 Å². The Morgan fingerprint density at radius 3 is 1.38 bits per heavy atom. The van der Waals surface area contributed by atoms with Crippen molar-refractivity contribution in [2.24, 2.45) is 0 Å². The molecule has 24 heavy (non-hydrogen) atoms. The van der Waals surface area contributed by atoms with Gasteiger partial charge < -0.3 is 0 Å². The van der Waals surface area contributed by atoms with Crippen LogP contribution in [-0.4, -0.2) is 21.4 Å². The second kappa shape index (κ2) is 6.73. The van der Waals surface area contributed by atoms with Crippen LogP contribution in [0.25, 0.3) is 0 Å². The smallest absolute Gasteiger partial charge is 0.285 e. The predicted octanol–water partition coefficient (Wildman–Crippen LogP) is 3.88. The SMILES string of the molecule is O=C(C(=O)c1cccc(Cl)c1[N+](=O)[O-])c1cccc(Cl)c1[N+](=O)[O-]. The molecule has 0 N–H and O–H groups in total. The zero-order valence-corrected chi connectivity index (χ0v) is 13.1. The second-order valence-corrected chi connectivity index (χ2v) is 5.26. The summed E-state index contributed by atoms with van der Waals surface area (Å²) in [7, 11) is 0. The van der Waals surface area contributed by atoms with Crippen LogP contribution in [0.2, 0.25) is 10.0 Å². The lowest BCUT2D eigenvalue weighted by molar-refractivity contribution is -0.385. The molecule has 0 atom stereocenters. The molecule has 0 unspecified atom stereocenters. The third-order valence-electron chi connectivity index (χ3n) is 3.03. The van der Waals surface area contributed by atoms with Crippen LogP contribution in [-0.2, 0) is 0 Å². The van der Waals surface area contributed by atoms with E-state index in [-0.39, 0.29) is 10.0 Å². The number of hydrogen-bond acceptors (Lipinski definition) is 6. The average Bonchev–Trinajstić information content (AvgIpc) is 2.52. The van der Waals surface area contributed by atoms with E-state index in [1.807, 2.05) is 0 Å². The number of nitro benzene ring substituents is 2. The van der Waals surface area contributed by atoms with Gasteiger partial charge in [0.1, 0.15) is 21.2 Å². The van der Waals surface area contributed by atoms with Gasteiger partial charge in [0.15, 0.2) is 0 Å². The number of carbonyl (C=O) groups excluding carboxylic acids is 2. The number of halogens is 2. The van der Waals surface area contributed by atoms with Crippen molar-refractivity contribution in [2.45, 2.75) is 0 Å². The van der Waals surface area contributed by atoms with Crippen LogP contribution in [0.5, 0.6) is 0 Å². The first-order valence-electron chi connectivity index (χ1n) is 6.20. The predicted molar refractivity (Wildman–Crippen MR) is 84.9 cm³/mol. The molecule has 0 amide bonds. The van der Waals surface area contributed by atoms with Crippen LogP contribution in [0.4, 0.5) is 11.4 Å². The van der Waals surface area contributed by atoms with Gasteiger partial charge in [0, 0.05) is 0 Å². The number of Topliss-reactive ketones (excluding diaryl/α,β-unsaturated/α-hetero) is 2. The minimum Gasteiger partial charge on any atom is -0.285 e. The number of carbonyl (C=O) groups is 2. The maximum Gasteiger partial charge on any atom is 0.299 e. The van der Waals surface area contributed by atoms with Crippen molar-refractivity contribution in [3.8, 4) is 0 Å². The highest BCUT2D eigenvalue weighted by Crippen LogP contribution is 2.32. The van der Waals surface area contributed by atoms with Crippen LogP contribution < -0.4 is 0 Å². The van der Waals surface area contributed by atoms with E-state index in [4.69, 9.17) is 23.2 Å². The van der Waals surface area contributed by atoms with Gasteiger partial charge in [0.05, 0.1) is 9.85 Å². The van der Waals surface area contributed by atoms with Crippen LogP contribution in [0.3, 0.4) is 0 Å². The summed E-state index contributed by atoms with van der Waals surface area (Å²) >= 11 is 11.4. The van der Waals surface area contributed by atoms with Gasteiger partial charge in [0.2, 0.25) is 11.6 Å². The lowest BCUT2D eigenvalue weighted by Gasteiger charge is -2.05. The van der Waals surface area contributed by atoms with Gasteiger partial charge in [0.25, 0.3) is 11.4 Å². The van der Waals surface area contributed by atoms with Crippen molar-refractivity contribution in [2.75, 3.05) is 0 Å². The zero-order valence-electron chi connectivity index (χ0n) is 11.6. The summed E-state index contributed by atoms with van der Waals surface area (Å²) < 4.78 is 0. The maximum absolute atomic E-state index is 12.3. The maximum atomic E-state index is 12.3. The first-order chi connectivity index (χ1) is 11.3.